The molecule has 3 heteroatoms. The monoisotopic (exact) mass is 118 g/mol. The Labute approximate surface area is 46.6 Å². The number of hydrogen-bond donors (Lipinski definition) is 1. The van der Waals surface area contributed by atoms with Crippen LogP contribution in [0.3, 0.4) is 0 Å². The molecule has 0 aliphatic heterocycles. The molecule has 1 N–H and O–H groups in total. The van der Waals surface area contributed by atoms with E-state index in [4.69, 9.17) is 5.11 Å². The van der Waals surface area contributed by atoms with Gasteiger partial charge in [-0.15, -0.1) is 0 Å². The highest BCUT2D eigenvalue weighted by Crippen LogP contribution is 2.01. The standard InChI is InChI=1S/C5H7FO2/c1-3(7)5(6)4(2)8/h7H,1-2H3/b5-3+. The van der Waals surface area contributed by atoms with Gasteiger partial charge >= 0.3 is 0 Å². The number of carbonyl (C=O) groups is 1. The third kappa shape index (κ3) is 1.73. The van der Waals surface area contributed by atoms with Crippen molar-refractivity contribution in [3.8, 4) is 0 Å². The summed E-state index contributed by atoms with van der Waals surface area (Å²) in [5, 5.41) is 8.28. The smallest absolute Gasteiger partial charge is 0.202 e. The first kappa shape index (κ1) is 7.14. The van der Waals surface area contributed by atoms with Gasteiger partial charge in [-0.1, -0.05) is 0 Å². The Bertz CT molecular complexity index is 133. The number of aliphatic hydroxyl groups excluding tert-OH is 1. The Balaban J connectivity index is 4.23. The SMILES string of the molecule is CC(=O)/C(F)=C(/C)O. The summed E-state index contributed by atoms with van der Waals surface area (Å²) in [7, 11) is 0. The van der Waals surface area contributed by atoms with Crippen molar-refractivity contribution in [2.24, 2.45) is 0 Å². The van der Waals surface area contributed by atoms with Crippen molar-refractivity contribution in [2.75, 3.05) is 0 Å². The van der Waals surface area contributed by atoms with E-state index in [1.165, 1.54) is 0 Å². The van der Waals surface area contributed by atoms with E-state index in [0.717, 1.165) is 13.8 Å². The van der Waals surface area contributed by atoms with E-state index in [1.807, 2.05) is 0 Å². The predicted molar refractivity (Wildman–Crippen MR) is 27.1 cm³/mol. The normalized spacial score (nSPS) is 12.9. The first-order valence-electron chi connectivity index (χ1n) is 2.12. The summed E-state index contributed by atoms with van der Waals surface area (Å²) in [6.45, 7) is 2.17. The van der Waals surface area contributed by atoms with Gasteiger partial charge in [0.25, 0.3) is 0 Å². The van der Waals surface area contributed by atoms with E-state index < -0.39 is 17.4 Å². The quantitative estimate of drug-likeness (QED) is 0.416. The van der Waals surface area contributed by atoms with Gasteiger partial charge in [0.2, 0.25) is 5.83 Å². The van der Waals surface area contributed by atoms with Crippen molar-refractivity contribution in [3.05, 3.63) is 11.6 Å². The number of ketones is 1. The van der Waals surface area contributed by atoms with Crippen LogP contribution in [0.4, 0.5) is 4.39 Å². The summed E-state index contributed by atoms with van der Waals surface area (Å²) in [6.07, 6.45) is 0. The van der Waals surface area contributed by atoms with E-state index in [0.29, 0.717) is 0 Å². The number of halogens is 1. The summed E-state index contributed by atoms with van der Waals surface area (Å²) < 4.78 is 11.9. The van der Waals surface area contributed by atoms with Crippen molar-refractivity contribution >= 4 is 5.78 Å². The van der Waals surface area contributed by atoms with Crippen LogP contribution >= 0.6 is 0 Å². The fourth-order valence-corrected chi connectivity index (χ4v) is 0.255. The number of Topliss-reactive ketones (excluding diaryl/α,β-unsaturated/α-hetero) is 1. The van der Waals surface area contributed by atoms with E-state index >= 15 is 0 Å². The predicted octanol–water partition coefficient (Wildman–Crippen LogP) is 1.33. The number of rotatable bonds is 1. The highest BCUT2D eigenvalue weighted by Gasteiger charge is 2.03. The van der Waals surface area contributed by atoms with Gasteiger partial charge < -0.3 is 5.11 Å². The van der Waals surface area contributed by atoms with E-state index in [2.05, 4.69) is 0 Å². The third-order valence-electron chi connectivity index (χ3n) is 0.627. The maximum Gasteiger partial charge on any atom is 0.202 e. The van der Waals surface area contributed by atoms with Gasteiger partial charge in [0, 0.05) is 6.92 Å². The van der Waals surface area contributed by atoms with Crippen molar-refractivity contribution in [2.45, 2.75) is 13.8 Å². The second-order valence-corrected chi connectivity index (χ2v) is 1.46. The zero-order valence-corrected chi connectivity index (χ0v) is 4.73. The first-order valence-corrected chi connectivity index (χ1v) is 2.12. The highest BCUT2D eigenvalue weighted by atomic mass is 19.1. The molecular weight excluding hydrogens is 111 g/mol. The Morgan fingerprint density at radius 2 is 1.88 bits per heavy atom. The molecule has 0 aromatic carbocycles. The second-order valence-electron chi connectivity index (χ2n) is 1.46. The lowest BCUT2D eigenvalue weighted by Gasteiger charge is -1.88. The van der Waals surface area contributed by atoms with Gasteiger partial charge in [-0.05, 0) is 6.92 Å². The molecule has 0 fully saturated rings. The Kier molecular flexibility index (Phi) is 2.19. The number of aliphatic hydroxyl groups is 1. The number of allylic oxidation sites excluding steroid dienone is 2. The zero-order valence-electron chi connectivity index (χ0n) is 4.73. The lowest BCUT2D eigenvalue weighted by Crippen LogP contribution is -1.92. The summed E-state index contributed by atoms with van der Waals surface area (Å²) in [6, 6.07) is 0. The molecule has 0 atom stereocenters. The molecule has 0 aliphatic rings. The lowest BCUT2D eigenvalue weighted by molar-refractivity contribution is -0.115. The van der Waals surface area contributed by atoms with Crippen LogP contribution in [-0.2, 0) is 4.79 Å². The molecule has 0 aromatic heterocycles. The van der Waals surface area contributed by atoms with Gasteiger partial charge in [0.05, 0.1) is 0 Å². The second kappa shape index (κ2) is 2.45. The van der Waals surface area contributed by atoms with E-state index in [-0.39, 0.29) is 0 Å². The number of hydrogen-bond acceptors (Lipinski definition) is 2. The summed E-state index contributed by atoms with van der Waals surface area (Å²) in [5.74, 6) is -2.37. The van der Waals surface area contributed by atoms with Crippen LogP contribution in [0.1, 0.15) is 13.8 Å². The molecule has 0 aliphatic carbocycles. The van der Waals surface area contributed by atoms with Crippen LogP contribution in [0.15, 0.2) is 11.6 Å². The van der Waals surface area contributed by atoms with Gasteiger partial charge in [-0.25, -0.2) is 0 Å². The molecule has 0 unspecified atom stereocenters. The van der Waals surface area contributed by atoms with Crippen LogP contribution in [-0.4, -0.2) is 10.9 Å². The maximum atomic E-state index is 11.9. The molecule has 0 saturated heterocycles. The van der Waals surface area contributed by atoms with Crippen LogP contribution in [0.2, 0.25) is 0 Å². The van der Waals surface area contributed by atoms with Crippen molar-refractivity contribution in [1.29, 1.82) is 0 Å². The fraction of sp³-hybridized carbons (Fsp3) is 0.400. The molecule has 0 rings (SSSR count). The van der Waals surface area contributed by atoms with Crippen LogP contribution in [0, 0.1) is 0 Å². The van der Waals surface area contributed by atoms with Crippen molar-refractivity contribution in [3.63, 3.8) is 0 Å². The molecule has 0 spiro atoms. The number of carbonyl (C=O) groups excluding carboxylic acids is 1. The molecule has 0 saturated carbocycles. The minimum atomic E-state index is -1.06. The molecule has 0 heterocycles. The van der Waals surface area contributed by atoms with Crippen LogP contribution < -0.4 is 0 Å². The Hall–Kier alpha value is -0.860. The lowest BCUT2D eigenvalue weighted by atomic mass is 10.3. The summed E-state index contributed by atoms with van der Waals surface area (Å²) in [5.41, 5.74) is 0. The van der Waals surface area contributed by atoms with Gasteiger partial charge in [-0.2, -0.15) is 4.39 Å². The minimum absolute atomic E-state index is 0.558. The van der Waals surface area contributed by atoms with Crippen LogP contribution in [0.25, 0.3) is 0 Å². The Morgan fingerprint density at radius 1 is 1.50 bits per heavy atom. The van der Waals surface area contributed by atoms with Crippen LogP contribution in [0.5, 0.6) is 0 Å². The molecule has 0 amide bonds. The fourth-order valence-electron chi connectivity index (χ4n) is 0.255. The summed E-state index contributed by atoms with van der Waals surface area (Å²) >= 11 is 0. The van der Waals surface area contributed by atoms with Gasteiger partial charge in [0.15, 0.2) is 5.78 Å². The molecular formula is C5H7FO2. The minimum Gasteiger partial charge on any atom is -0.509 e. The zero-order chi connectivity index (χ0) is 6.73. The van der Waals surface area contributed by atoms with Gasteiger partial charge in [-0.3, -0.25) is 4.79 Å². The Morgan fingerprint density at radius 3 is 1.88 bits per heavy atom. The maximum absolute atomic E-state index is 11.9. The molecule has 0 aromatic rings. The molecule has 46 valence electrons. The van der Waals surface area contributed by atoms with E-state index in [9.17, 15) is 9.18 Å². The highest BCUT2D eigenvalue weighted by molar-refractivity contribution is 5.91. The van der Waals surface area contributed by atoms with Gasteiger partial charge in [0.1, 0.15) is 5.76 Å². The molecule has 8 heavy (non-hydrogen) atoms. The summed E-state index contributed by atoms with van der Waals surface area (Å²) in [4.78, 5) is 9.99. The van der Waals surface area contributed by atoms with Crippen molar-refractivity contribution < 1.29 is 14.3 Å². The third-order valence-corrected chi connectivity index (χ3v) is 0.627. The van der Waals surface area contributed by atoms with E-state index in [1.54, 1.807) is 0 Å². The largest absolute Gasteiger partial charge is 0.509 e. The van der Waals surface area contributed by atoms with Crippen molar-refractivity contribution in [1.82, 2.24) is 0 Å². The average Bonchev–Trinajstić information content (AvgIpc) is 1.64. The topological polar surface area (TPSA) is 37.3 Å². The molecule has 2 nitrogen and oxygen atoms in total. The average molecular weight is 118 g/mol. The molecule has 0 radical (unpaired) electrons. The molecule has 0 bridgehead atoms. The first-order chi connectivity index (χ1) is 3.55.